The van der Waals surface area contributed by atoms with Gasteiger partial charge in [0.1, 0.15) is 6.10 Å². The highest BCUT2D eigenvalue weighted by Crippen LogP contribution is 2.20. The summed E-state index contributed by atoms with van der Waals surface area (Å²) in [6, 6.07) is 4.59. The topological polar surface area (TPSA) is 125 Å². The number of benzene rings is 1. The first-order valence-corrected chi connectivity index (χ1v) is 11.0. The van der Waals surface area contributed by atoms with Crippen molar-refractivity contribution in [2.45, 2.75) is 76.4 Å². The molecule has 0 aliphatic heterocycles. The summed E-state index contributed by atoms with van der Waals surface area (Å²) in [7, 11) is 1.98. The summed E-state index contributed by atoms with van der Waals surface area (Å²) in [5.41, 5.74) is 0.329. The highest BCUT2D eigenvalue weighted by molar-refractivity contribution is 5.76. The normalized spacial score (nSPS) is 13.0. The van der Waals surface area contributed by atoms with E-state index in [1.165, 1.54) is 62.8 Å². The maximum Gasteiger partial charge on any atom is 0.269 e. The van der Waals surface area contributed by atoms with Crippen molar-refractivity contribution in [2.24, 2.45) is 0 Å². The number of aliphatic hydroxyl groups is 2. The molecule has 0 aliphatic carbocycles. The van der Waals surface area contributed by atoms with E-state index in [4.69, 9.17) is 0 Å². The zero-order chi connectivity index (χ0) is 22.2. The minimum atomic E-state index is -1.13. The maximum absolute atomic E-state index is 12.1. The van der Waals surface area contributed by atoms with Crippen molar-refractivity contribution in [1.29, 1.82) is 0 Å². The molecule has 1 aromatic carbocycles. The van der Waals surface area contributed by atoms with E-state index in [2.05, 4.69) is 10.6 Å². The molecule has 0 bridgehead atoms. The Bertz CT molecular complexity index is 609. The Morgan fingerprint density at radius 2 is 1.53 bits per heavy atom. The van der Waals surface area contributed by atoms with Gasteiger partial charge in [0.25, 0.3) is 5.69 Å². The second-order valence-corrected chi connectivity index (χ2v) is 7.69. The van der Waals surface area contributed by atoms with E-state index in [0.29, 0.717) is 12.0 Å². The number of aliphatic hydroxyl groups excluding tert-OH is 2. The summed E-state index contributed by atoms with van der Waals surface area (Å²) in [6.45, 7) is 0.669. The SMILES string of the molecule is CNCCCCCCCCCCCC(=O)N[C@H](CO)[C@H](O)c1ccc([N+](=O)[O-])cc1. The van der Waals surface area contributed by atoms with E-state index in [1.807, 2.05) is 7.05 Å². The Kier molecular flexibility index (Phi) is 13.7. The second kappa shape index (κ2) is 15.8. The lowest BCUT2D eigenvalue weighted by atomic mass is 10.0. The van der Waals surface area contributed by atoms with Crippen LogP contribution in [0.5, 0.6) is 0 Å². The Labute approximate surface area is 179 Å². The summed E-state index contributed by atoms with van der Waals surface area (Å²) in [4.78, 5) is 22.3. The van der Waals surface area contributed by atoms with Crippen molar-refractivity contribution in [1.82, 2.24) is 10.6 Å². The Morgan fingerprint density at radius 3 is 2.03 bits per heavy atom. The third-order valence-electron chi connectivity index (χ3n) is 5.20. The zero-order valence-corrected chi connectivity index (χ0v) is 18.0. The van der Waals surface area contributed by atoms with Crippen molar-refractivity contribution in [2.75, 3.05) is 20.2 Å². The van der Waals surface area contributed by atoms with Crippen LogP contribution in [-0.2, 0) is 4.79 Å². The molecular formula is C22H37N3O5. The molecule has 0 saturated carbocycles. The van der Waals surface area contributed by atoms with Crippen LogP contribution in [0.4, 0.5) is 5.69 Å². The van der Waals surface area contributed by atoms with Gasteiger partial charge in [0.15, 0.2) is 0 Å². The van der Waals surface area contributed by atoms with Crippen LogP contribution in [0.3, 0.4) is 0 Å². The van der Waals surface area contributed by atoms with Gasteiger partial charge in [0.2, 0.25) is 5.91 Å². The first-order valence-electron chi connectivity index (χ1n) is 11.0. The number of amides is 1. The molecule has 30 heavy (non-hydrogen) atoms. The van der Waals surface area contributed by atoms with Crippen LogP contribution in [0.15, 0.2) is 24.3 Å². The number of nitrogens with zero attached hydrogens (tertiary/aromatic N) is 1. The molecule has 8 heteroatoms. The zero-order valence-electron chi connectivity index (χ0n) is 18.0. The number of hydrogen-bond donors (Lipinski definition) is 4. The number of nitrogens with one attached hydrogen (secondary N) is 2. The molecular weight excluding hydrogens is 386 g/mol. The molecule has 0 fully saturated rings. The number of nitro benzene ring substituents is 1. The van der Waals surface area contributed by atoms with Gasteiger partial charge in [-0.15, -0.1) is 0 Å². The Morgan fingerprint density at radius 1 is 1.00 bits per heavy atom. The predicted molar refractivity (Wildman–Crippen MR) is 117 cm³/mol. The lowest BCUT2D eigenvalue weighted by Gasteiger charge is -2.22. The number of non-ortho nitro benzene ring substituents is 1. The number of carbonyl (C=O) groups is 1. The van der Waals surface area contributed by atoms with Crippen LogP contribution in [0.25, 0.3) is 0 Å². The molecule has 0 heterocycles. The standard InChI is InChI=1S/C22H37N3O5/c1-23-16-10-8-6-4-2-3-5-7-9-11-21(27)24-20(17-26)22(28)18-12-14-19(15-13-18)25(29)30/h12-15,20,22-23,26,28H,2-11,16-17H2,1H3,(H,24,27)/t20-,22-/m1/s1. The number of carbonyl (C=O) groups excluding carboxylic acids is 1. The molecule has 8 nitrogen and oxygen atoms in total. The monoisotopic (exact) mass is 423 g/mol. The van der Waals surface area contributed by atoms with Crippen LogP contribution >= 0.6 is 0 Å². The number of nitro groups is 1. The van der Waals surface area contributed by atoms with Gasteiger partial charge in [0, 0.05) is 18.6 Å². The minimum Gasteiger partial charge on any atom is -0.394 e. The Balaban J connectivity index is 2.20. The minimum absolute atomic E-state index is 0.0793. The molecule has 0 aromatic heterocycles. The van der Waals surface area contributed by atoms with Gasteiger partial charge in [0.05, 0.1) is 17.6 Å². The van der Waals surface area contributed by atoms with E-state index < -0.39 is 23.7 Å². The van der Waals surface area contributed by atoms with E-state index in [0.717, 1.165) is 25.8 Å². The largest absolute Gasteiger partial charge is 0.394 e. The van der Waals surface area contributed by atoms with Gasteiger partial charge in [-0.1, -0.05) is 44.9 Å². The van der Waals surface area contributed by atoms with Crippen LogP contribution in [0.1, 0.15) is 75.9 Å². The fraction of sp³-hybridized carbons (Fsp3) is 0.682. The first-order chi connectivity index (χ1) is 14.5. The van der Waals surface area contributed by atoms with Gasteiger partial charge in [-0.2, -0.15) is 0 Å². The summed E-state index contributed by atoms with van der Waals surface area (Å²) in [5.74, 6) is -0.209. The average Bonchev–Trinajstić information content (AvgIpc) is 2.75. The summed E-state index contributed by atoms with van der Waals surface area (Å²) < 4.78 is 0. The first kappa shape index (κ1) is 26.0. The summed E-state index contributed by atoms with van der Waals surface area (Å²) in [5, 5.41) is 36.4. The van der Waals surface area contributed by atoms with E-state index >= 15 is 0 Å². The lowest BCUT2D eigenvalue weighted by molar-refractivity contribution is -0.384. The van der Waals surface area contributed by atoms with Gasteiger partial charge in [-0.25, -0.2) is 0 Å². The Hall–Kier alpha value is -2.03. The molecule has 1 amide bonds. The third-order valence-corrected chi connectivity index (χ3v) is 5.20. The highest BCUT2D eigenvalue weighted by Gasteiger charge is 2.22. The van der Waals surface area contributed by atoms with Crippen molar-refractivity contribution in [3.05, 3.63) is 39.9 Å². The van der Waals surface area contributed by atoms with Crippen molar-refractivity contribution >= 4 is 11.6 Å². The molecule has 2 atom stereocenters. The van der Waals surface area contributed by atoms with Gasteiger partial charge in [-0.3, -0.25) is 14.9 Å². The van der Waals surface area contributed by atoms with E-state index in [9.17, 15) is 25.1 Å². The van der Waals surface area contributed by atoms with Crippen molar-refractivity contribution in [3.63, 3.8) is 0 Å². The van der Waals surface area contributed by atoms with E-state index in [1.54, 1.807) is 0 Å². The fourth-order valence-corrected chi connectivity index (χ4v) is 3.35. The molecule has 0 spiro atoms. The molecule has 0 unspecified atom stereocenters. The average molecular weight is 424 g/mol. The van der Waals surface area contributed by atoms with Crippen molar-refractivity contribution in [3.8, 4) is 0 Å². The van der Waals surface area contributed by atoms with E-state index in [-0.39, 0.29) is 11.6 Å². The molecule has 0 radical (unpaired) electrons. The quantitative estimate of drug-likeness (QED) is 0.173. The number of hydrogen-bond acceptors (Lipinski definition) is 6. The van der Waals surface area contributed by atoms with Crippen molar-refractivity contribution < 1.29 is 19.9 Å². The molecule has 1 aromatic rings. The summed E-state index contributed by atoms with van der Waals surface area (Å²) in [6.07, 6.45) is 9.58. The lowest BCUT2D eigenvalue weighted by Crippen LogP contribution is -2.41. The maximum atomic E-state index is 12.1. The van der Waals surface area contributed by atoms with Crippen LogP contribution < -0.4 is 10.6 Å². The van der Waals surface area contributed by atoms with Crippen LogP contribution in [0.2, 0.25) is 0 Å². The fourth-order valence-electron chi connectivity index (χ4n) is 3.35. The number of rotatable bonds is 17. The third kappa shape index (κ3) is 10.7. The van der Waals surface area contributed by atoms with Gasteiger partial charge < -0.3 is 20.8 Å². The van der Waals surface area contributed by atoms with Crippen LogP contribution in [-0.4, -0.2) is 47.3 Å². The molecule has 170 valence electrons. The second-order valence-electron chi connectivity index (χ2n) is 7.69. The van der Waals surface area contributed by atoms with Gasteiger partial charge >= 0.3 is 0 Å². The van der Waals surface area contributed by atoms with Crippen LogP contribution in [0, 0.1) is 10.1 Å². The number of unbranched alkanes of at least 4 members (excludes halogenated alkanes) is 8. The summed E-state index contributed by atoms with van der Waals surface area (Å²) >= 11 is 0. The molecule has 0 aliphatic rings. The highest BCUT2D eigenvalue weighted by atomic mass is 16.6. The smallest absolute Gasteiger partial charge is 0.269 e. The van der Waals surface area contributed by atoms with Gasteiger partial charge in [-0.05, 0) is 44.1 Å². The molecule has 1 rings (SSSR count). The molecule has 0 saturated heterocycles. The predicted octanol–water partition coefficient (Wildman–Crippen LogP) is 3.23. The molecule has 4 N–H and O–H groups in total.